The molecule has 4 rings (SSSR count). The normalized spacial score (nSPS) is 16.1. The Balaban J connectivity index is 1.76. The molecule has 1 aliphatic rings. The van der Waals surface area contributed by atoms with E-state index in [0.29, 0.717) is 42.5 Å². The van der Waals surface area contributed by atoms with Gasteiger partial charge in [0.15, 0.2) is 0 Å². The third-order valence-electron chi connectivity index (χ3n) is 6.99. The van der Waals surface area contributed by atoms with Gasteiger partial charge in [-0.3, -0.25) is 4.79 Å². The lowest BCUT2D eigenvalue weighted by molar-refractivity contribution is -0.129. The van der Waals surface area contributed by atoms with Gasteiger partial charge in [-0.25, -0.2) is 4.98 Å². The number of methoxy groups -OCH3 is 3. The highest BCUT2D eigenvalue weighted by atomic mass is 16.5. The van der Waals surface area contributed by atoms with E-state index in [2.05, 4.69) is 51.1 Å². The molecule has 2 N–H and O–H groups in total. The van der Waals surface area contributed by atoms with E-state index in [-0.39, 0.29) is 17.4 Å². The molecular weight excluding hydrogens is 478 g/mol. The van der Waals surface area contributed by atoms with E-state index in [9.17, 15) is 4.79 Å². The predicted octanol–water partition coefficient (Wildman–Crippen LogP) is 5.61. The highest BCUT2D eigenvalue weighted by molar-refractivity contribution is 5.83. The highest BCUT2D eigenvalue weighted by Crippen LogP contribution is 2.34. The number of ether oxygens (including phenoxy) is 3. The largest absolute Gasteiger partial charge is 0.497 e. The Morgan fingerprint density at radius 1 is 1.03 bits per heavy atom. The number of aromatic nitrogens is 1. The summed E-state index contributed by atoms with van der Waals surface area (Å²) in [6, 6.07) is 17.8. The lowest BCUT2D eigenvalue weighted by Crippen LogP contribution is -2.31. The average Bonchev–Trinajstić information content (AvgIpc) is 3.26. The van der Waals surface area contributed by atoms with Crippen molar-refractivity contribution in [3.63, 3.8) is 0 Å². The summed E-state index contributed by atoms with van der Waals surface area (Å²) in [5, 5.41) is 0. The Labute approximate surface area is 225 Å². The molecule has 7 heteroatoms. The average molecular weight is 516 g/mol. The van der Waals surface area contributed by atoms with Crippen LogP contribution in [-0.2, 0) is 16.8 Å². The predicted molar refractivity (Wildman–Crippen MR) is 151 cm³/mol. The first-order valence-corrected chi connectivity index (χ1v) is 12.8. The number of amides is 1. The van der Waals surface area contributed by atoms with E-state index in [0.717, 1.165) is 22.4 Å². The number of carbonyl (C=O) groups excluding carboxylic acids is 1. The molecule has 1 fully saturated rings. The summed E-state index contributed by atoms with van der Waals surface area (Å²) < 4.78 is 16.3. The van der Waals surface area contributed by atoms with E-state index < -0.39 is 0 Å². The molecule has 3 aromatic rings. The van der Waals surface area contributed by atoms with Crippen molar-refractivity contribution in [2.75, 3.05) is 27.1 Å². The second-order valence-corrected chi connectivity index (χ2v) is 10.5. The highest BCUT2D eigenvalue weighted by Gasteiger charge is 2.31. The standard InChI is InChI=1S/C31H37N3O4/c1-31(2,3)22-10-7-20(8-11-22)25(27-15-14-26(32)30(33-27)38-6)17-23-12-16-29(35)34(23)19-21-9-13-24(36-4)18-28(21)37-5/h7-11,13-15,17-18,23H,12,16,19,32H2,1-6H3/b25-17+/t23-/m1/s1. The van der Waals surface area contributed by atoms with E-state index in [1.165, 1.54) is 5.56 Å². The second-order valence-electron chi connectivity index (χ2n) is 10.5. The third kappa shape index (κ3) is 5.77. The molecule has 0 spiro atoms. The zero-order valence-electron chi connectivity index (χ0n) is 23.1. The van der Waals surface area contributed by atoms with Crippen LogP contribution in [-0.4, -0.2) is 43.2 Å². The van der Waals surface area contributed by atoms with E-state index >= 15 is 0 Å². The number of hydrogen-bond acceptors (Lipinski definition) is 6. The Bertz CT molecular complexity index is 1330. The summed E-state index contributed by atoms with van der Waals surface area (Å²) in [5.41, 5.74) is 11.4. The molecule has 0 aliphatic carbocycles. The number of anilines is 1. The number of likely N-dealkylation sites (tertiary alicyclic amines) is 1. The fourth-order valence-electron chi connectivity index (χ4n) is 4.74. The van der Waals surface area contributed by atoms with Gasteiger partial charge >= 0.3 is 0 Å². The number of nitrogen functional groups attached to an aromatic ring is 1. The van der Waals surface area contributed by atoms with Gasteiger partial charge in [-0.05, 0) is 47.2 Å². The maximum atomic E-state index is 13.0. The molecule has 1 aliphatic heterocycles. The maximum Gasteiger partial charge on any atom is 0.237 e. The summed E-state index contributed by atoms with van der Waals surface area (Å²) >= 11 is 0. The zero-order valence-corrected chi connectivity index (χ0v) is 23.1. The molecule has 1 amide bonds. The lowest BCUT2D eigenvalue weighted by atomic mass is 9.86. The fourth-order valence-corrected chi connectivity index (χ4v) is 4.74. The lowest BCUT2D eigenvalue weighted by Gasteiger charge is -2.25. The van der Waals surface area contributed by atoms with Gasteiger partial charge in [0.2, 0.25) is 11.8 Å². The summed E-state index contributed by atoms with van der Waals surface area (Å²) in [6.45, 7) is 7.02. The van der Waals surface area contributed by atoms with E-state index in [1.54, 1.807) is 27.4 Å². The van der Waals surface area contributed by atoms with Crippen molar-refractivity contribution in [1.29, 1.82) is 0 Å². The molecule has 2 aromatic carbocycles. The van der Waals surface area contributed by atoms with Crippen LogP contribution in [0.25, 0.3) is 5.57 Å². The molecule has 1 saturated heterocycles. The number of nitrogens with zero attached hydrogens (tertiary/aromatic N) is 2. The first-order chi connectivity index (χ1) is 18.1. The van der Waals surface area contributed by atoms with Crippen molar-refractivity contribution in [2.45, 2.75) is 51.6 Å². The molecule has 0 saturated carbocycles. The van der Waals surface area contributed by atoms with E-state index in [1.807, 2.05) is 29.2 Å². The number of nitrogens with two attached hydrogens (primary N) is 1. The van der Waals surface area contributed by atoms with Crippen LogP contribution in [0.3, 0.4) is 0 Å². The summed E-state index contributed by atoms with van der Waals surface area (Å²) in [7, 11) is 4.81. The van der Waals surface area contributed by atoms with Gasteiger partial charge < -0.3 is 24.8 Å². The number of hydrogen-bond donors (Lipinski definition) is 1. The monoisotopic (exact) mass is 515 g/mol. The van der Waals surface area contributed by atoms with Gasteiger partial charge in [0.25, 0.3) is 0 Å². The molecule has 200 valence electrons. The van der Waals surface area contributed by atoms with Crippen molar-refractivity contribution >= 4 is 17.2 Å². The van der Waals surface area contributed by atoms with Gasteiger partial charge in [-0.1, -0.05) is 51.1 Å². The van der Waals surface area contributed by atoms with Gasteiger partial charge in [-0.15, -0.1) is 0 Å². The quantitative estimate of drug-likeness (QED) is 0.420. The summed E-state index contributed by atoms with van der Waals surface area (Å²) in [5.74, 6) is 1.88. The number of pyridine rings is 1. The molecule has 0 bridgehead atoms. The third-order valence-corrected chi connectivity index (χ3v) is 6.99. The SMILES string of the molecule is COc1ccc(CN2C(=O)CC[C@@H]2/C=C(\c2ccc(C(C)(C)C)cc2)c2ccc(N)c(OC)n2)c(OC)c1. The first-order valence-electron chi connectivity index (χ1n) is 12.8. The van der Waals surface area contributed by atoms with Crippen LogP contribution in [0.5, 0.6) is 17.4 Å². The van der Waals surface area contributed by atoms with Gasteiger partial charge in [0.1, 0.15) is 11.5 Å². The Hall–Kier alpha value is -4.00. The molecule has 0 unspecified atom stereocenters. The topological polar surface area (TPSA) is 86.9 Å². The minimum Gasteiger partial charge on any atom is -0.497 e. The minimum atomic E-state index is -0.114. The Kier molecular flexibility index (Phi) is 7.95. The van der Waals surface area contributed by atoms with Gasteiger partial charge in [0, 0.05) is 30.2 Å². The van der Waals surface area contributed by atoms with E-state index in [4.69, 9.17) is 24.9 Å². The van der Waals surface area contributed by atoms with Crippen LogP contribution >= 0.6 is 0 Å². The van der Waals surface area contributed by atoms with Gasteiger partial charge in [0.05, 0.1) is 38.8 Å². The van der Waals surface area contributed by atoms with Crippen LogP contribution in [0.2, 0.25) is 0 Å². The Morgan fingerprint density at radius 3 is 2.39 bits per heavy atom. The van der Waals surface area contributed by atoms with Crippen molar-refractivity contribution in [2.24, 2.45) is 0 Å². The zero-order chi connectivity index (χ0) is 27.4. The molecule has 1 atom stereocenters. The minimum absolute atomic E-state index is 0.0389. The first kappa shape index (κ1) is 27.0. The van der Waals surface area contributed by atoms with Crippen LogP contribution in [0.4, 0.5) is 5.69 Å². The molecule has 1 aromatic heterocycles. The smallest absolute Gasteiger partial charge is 0.237 e. The number of carbonyl (C=O) groups is 1. The van der Waals surface area contributed by atoms with Crippen LogP contribution in [0.15, 0.2) is 60.7 Å². The van der Waals surface area contributed by atoms with Crippen molar-refractivity contribution in [1.82, 2.24) is 9.88 Å². The van der Waals surface area contributed by atoms with Crippen LogP contribution < -0.4 is 19.9 Å². The Morgan fingerprint density at radius 2 is 1.76 bits per heavy atom. The fraction of sp³-hybridized carbons (Fsp3) is 0.355. The van der Waals surface area contributed by atoms with Crippen molar-refractivity contribution in [3.05, 3.63) is 83.1 Å². The van der Waals surface area contributed by atoms with Crippen molar-refractivity contribution < 1.29 is 19.0 Å². The summed E-state index contributed by atoms with van der Waals surface area (Å²) in [6.07, 6.45) is 3.34. The van der Waals surface area contributed by atoms with Gasteiger partial charge in [-0.2, -0.15) is 0 Å². The summed E-state index contributed by atoms with van der Waals surface area (Å²) in [4.78, 5) is 19.7. The number of benzene rings is 2. The molecule has 2 heterocycles. The second kappa shape index (κ2) is 11.2. The van der Waals surface area contributed by atoms with Crippen LogP contribution in [0.1, 0.15) is 56.0 Å². The number of rotatable bonds is 8. The molecular formula is C31H37N3O4. The molecule has 38 heavy (non-hydrogen) atoms. The van der Waals surface area contributed by atoms with Crippen molar-refractivity contribution in [3.8, 4) is 17.4 Å². The van der Waals surface area contributed by atoms with Crippen LogP contribution in [0, 0.1) is 0 Å². The molecule has 0 radical (unpaired) electrons. The molecule has 7 nitrogen and oxygen atoms in total. The maximum absolute atomic E-state index is 13.0.